The molecule has 0 radical (unpaired) electrons. The van der Waals surface area contributed by atoms with Crippen LogP contribution in [0.15, 0.2) is 18.2 Å². The quantitative estimate of drug-likeness (QED) is 0.637. The highest BCUT2D eigenvalue weighted by atomic mass is 16.5. The molecule has 106 valence electrons. The first-order valence-corrected chi connectivity index (χ1v) is 6.65. The molecule has 1 amide bonds. The maximum absolute atomic E-state index is 12.2. The first-order valence-electron chi connectivity index (χ1n) is 6.65. The third-order valence-electron chi connectivity index (χ3n) is 3.82. The standard InChI is InChI=1S/C15H17NO4/c1-2-20-14(19)15(6-3-7-15)12-4-5-13(16-10-18)11(8-12)9-17/h4-5,8-10H,2-3,6-7H2,1H3,(H,16,18). The van der Waals surface area contributed by atoms with Crippen molar-refractivity contribution < 1.29 is 19.1 Å². The Morgan fingerprint density at radius 3 is 2.65 bits per heavy atom. The molecule has 0 atom stereocenters. The molecule has 5 heteroatoms. The molecule has 0 saturated heterocycles. The molecule has 5 nitrogen and oxygen atoms in total. The highest BCUT2D eigenvalue weighted by Crippen LogP contribution is 2.45. The van der Waals surface area contributed by atoms with Crippen LogP contribution in [0, 0.1) is 0 Å². The van der Waals surface area contributed by atoms with E-state index in [0.717, 1.165) is 24.8 Å². The maximum atomic E-state index is 12.2. The molecule has 0 aliphatic heterocycles. The zero-order valence-corrected chi connectivity index (χ0v) is 11.3. The third kappa shape index (κ3) is 2.31. The molecule has 1 aromatic rings. The van der Waals surface area contributed by atoms with Gasteiger partial charge in [-0.3, -0.25) is 14.4 Å². The molecule has 0 aromatic heterocycles. The summed E-state index contributed by atoms with van der Waals surface area (Å²) >= 11 is 0. The molecule has 0 unspecified atom stereocenters. The van der Waals surface area contributed by atoms with Gasteiger partial charge >= 0.3 is 5.97 Å². The average Bonchev–Trinajstić information content (AvgIpc) is 2.39. The van der Waals surface area contributed by atoms with Crippen molar-refractivity contribution in [2.75, 3.05) is 11.9 Å². The van der Waals surface area contributed by atoms with E-state index in [9.17, 15) is 14.4 Å². The molecule has 1 fully saturated rings. The second-order valence-corrected chi connectivity index (χ2v) is 4.84. The van der Waals surface area contributed by atoms with Crippen molar-refractivity contribution in [3.63, 3.8) is 0 Å². The smallest absolute Gasteiger partial charge is 0.316 e. The van der Waals surface area contributed by atoms with E-state index in [1.807, 2.05) is 0 Å². The fourth-order valence-electron chi connectivity index (χ4n) is 2.56. The number of hydrogen-bond acceptors (Lipinski definition) is 4. The third-order valence-corrected chi connectivity index (χ3v) is 3.82. The van der Waals surface area contributed by atoms with E-state index >= 15 is 0 Å². The molecule has 1 saturated carbocycles. The molecule has 0 bridgehead atoms. The van der Waals surface area contributed by atoms with E-state index in [1.54, 1.807) is 25.1 Å². The second-order valence-electron chi connectivity index (χ2n) is 4.84. The van der Waals surface area contributed by atoms with Gasteiger partial charge in [0.05, 0.1) is 17.7 Å². The van der Waals surface area contributed by atoms with E-state index in [1.165, 1.54) is 0 Å². The Labute approximate surface area is 117 Å². The van der Waals surface area contributed by atoms with Crippen molar-refractivity contribution >= 4 is 24.4 Å². The average molecular weight is 275 g/mol. The number of carbonyl (C=O) groups is 3. The normalized spacial score (nSPS) is 15.8. The Balaban J connectivity index is 2.38. The first kappa shape index (κ1) is 14.2. The minimum Gasteiger partial charge on any atom is -0.465 e. The summed E-state index contributed by atoms with van der Waals surface area (Å²) in [6.07, 6.45) is 3.61. The molecule has 2 rings (SSSR count). The number of esters is 1. The molecule has 1 aromatic carbocycles. The van der Waals surface area contributed by atoms with E-state index in [4.69, 9.17) is 4.74 Å². The van der Waals surface area contributed by atoms with Gasteiger partial charge in [0, 0.05) is 5.56 Å². The van der Waals surface area contributed by atoms with E-state index < -0.39 is 5.41 Å². The molecule has 0 heterocycles. The molecule has 1 aliphatic carbocycles. The van der Waals surface area contributed by atoms with Gasteiger partial charge in [-0.15, -0.1) is 0 Å². The molecule has 0 spiro atoms. The number of aldehydes is 1. The van der Waals surface area contributed by atoms with Gasteiger partial charge in [0.1, 0.15) is 0 Å². The molecule has 20 heavy (non-hydrogen) atoms. The van der Waals surface area contributed by atoms with Gasteiger partial charge in [-0.05, 0) is 37.5 Å². The number of benzene rings is 1. The maximum Gasteiger partial charge on any atom is 0.316 e. The van der Waals surface area contributed by atoms with Gasteiger partial charge in [0.25, 0.3) is 0 Å². The van der Waals surface area contributed by atoms with Crippen LogP contribution >= 0.6 is 0 Å². The lowest BCUT2D eigenvalue weighted by Crippen LogP contribution is -2.43. The van der Waals surface area contributed by atoms with Gasteiger partial charge in [-0.25, -0.2) is 0 Å². The van der Waals surface area contributed by atoms with Crippen LogP contribution in [0.25, 0.3) is 0 Å². The largest absolute Gasteiger partial charge is 0.465 e. The Kier molecular flexibility index (Phi) is 4.17. The van der Waals surface area contributed by atoms with E-state index in [-0.39, 0.29) is 5.97 Å². The summed E-state index contributed by atoms with van der Waals surface area (Å²) in [5.74, 6) is -0.237. The summed E-state index contributed by atoms with van der Waals surface area (Å²) in [6, 6.07) is 5.08. The van der Waals surface area contributed by atoms with Crippen LogP contribution in [0.5, 0.6) is 0 Å². The Bertz CT molecular complexity index is 535. The summed E-state index contributed by atoms with van der Waals surface area (Å²) in [7, 11) is 0. The summed E-state index contributed by atoms with van der Waals surface area (Å²) in [6.45, 7) is 2.12. The number of ether oxygens (including phenoxy) is 1. The number of rotatable bonds is 6. The Morgan fingerprint density at radius 2 is 2.15 bits per heavy atom. The van der Waals surface area contributed by atoms with Crippen LogP contribution < -0.4 is 5.32 Å². The number of nitrogens with one attached hydrogen (secondary N) is 1. The highest BCUT2D eigenvalue weighted by molar-refractivity contribution is 5.91. The lowest BCUT2D eigenvalue weighted by molar-refractivity contribution is -0.153. The lowest BCUT2D eigenvalue weighted by Gasteiger charge is -2.39. The van der Waals surface area contributed by atoms with Crippen LogP contribution in [0.4, 0.5) is 5.69 Å². The van der Waals surface area contributed by atoms with Crippen molar-refractivity contribution in [3.05, 3.63) is 29.3 Å². The predicted molar refractivity (Wildman–Crippen MR) is 73.7 cm³/mol. The van der Waals surface area contributed by atoms with Crippen molar-refractivity contribution in [3.8, 4) is 0 Å². The van der Waals surface area contributed by atoms with Crippen molar-refractivity contribution in [2.24, 2.45) is 0 Å². The van der Waals surface area contributed by atoms with E-state index in [2.05, 4.69) is 5.32 Å². The van der Waals surface area contributed by atoms with Crippen molar-refractivity contribution in [1.82, 2.24) is 0 Å². The lowest BCUT2D eigenvalue weighted by atomic mass is 9.64. The number of hydrogen-bond donors (Lipinski definition) is 1. The van der Waals surface area contributed by atoms with Crippen LogP contribution in [0.2, 0.25) is 0 Å². The fourth-order valence-corrected chi connectivity index (χ4v) is 2.56. The molecule has 1 N–H and O–H groups in total. The fraction of sp³-hybridized carbons (Fsp3) is 0.400. The van der Waals surface area contributed by atoms with E-state index in [0.29, 0.717) is 30.6 Å². The SMILES string of the molecule is CCOC(=O)C1(c2ccc(NC=O)c(C=O)c2)CCC1. The molecule has 1 aliphatic rings. The second kappa shape index (κ2) is 5.86. The van der Waals surface area contributed by atoms with Gasteiger partial charge in [-0.1, -0.05) is 12.5 Å². The topological polar surface area (TPSA) is 72.5 Å². The summed E-state index contributed by atoms with van der Waals surface area (Å²) < 4.78 is 5.16. The number of anilines is 1. The summed E-state index contributed by atoms with van der Waals surface area (Å²) in [4.78, 5) is 33.8. The number of carbonyl (C=O) groups excluding carboxylic acids is 3. The van der Waals surface area contributed by atoms with Crippen LogP contribution in [0.3, 0.4) is 0 Å². The summed E-state index contributed by atoms with van der Waals surface area (Å²) in [5, 5.41) is 2.47. The van der Waals surface area contributed by atoms with Gasteiger partial charge in [-0.2, -0.15) is 0 Å². The summed E-state index contributed by atoms with van der Waals surface area (Å²) in [5.41, 5.74) is 0.955. The minimum atomic E-state index is -0.631. The van der Waals surface area contributed by atoms with Crippen LogP contribution in [-0.4, -0.2) is 25.3 Å². The minimum absolute atomic E-state index is 0.237. The van der Waals surface area contributed by atoms with Crippen molar-refractivity contribution in [2.45, 2.75) is 31.6 Å². The van der Waals surface area contributed by atoms with Crippen LogP contribution in [0.1, 0.15) is 42.1 Å². The zero-order chi connectivity index (χ0) is 14.6. The predicted octanol–water partition coefficient (Wildman–Crippen LogP) is 2.05. The first-order chi connectivity index (χ1) is 9.67. The molecular formula is C15H17NO4. The van der Waals surface area contributed by atoms with Gasteiger partial charge in [0.15, 0.2) is 6.29 Å². The Hall–Kier alpha value is -2.17. The van der Waals surface area contributed by atoms with Crippen molar-refractivity contribution in [1.29, 1.82) is 0 Å². The highest BCUT2D eigenvalue weighted by Gasteiger charge is 2.47. The number of amides is 1. The van der Waals surface area contributed by atoms with Gasteiger partial charge in [0.2, 0.25) is 6.41 Å². The van der Waals surface area contributed by atoms with Gasteiger partial charge < -0.3 is 10.1 Å². The Morgan fingerprint density at radius 1 is 1.40 bits per heavy atom. The monoisotopic (exact) mass is 275 g/mol. The van der Waals surface area contributed by atoms with Crippen LogP contribution in [-0.2, 0) is 19.7 Å². The zero-order valence-electron chi connectivity index (χ0n) is 11.3. The molecular weight excluding hydrogens is 258 g/mol.